The molecule has 1 aromatic heterocycles. The molecule has 2 aromatic rings. The van der Waals surface area contributed by atoms with Crippen LogP contribution in [0.25, 0.3) is 0 Å². The van der Waals surface area contributed by atoms with Crippen molar-refractivity contribution in [1.82, 2.24) is 15.2 Å². The lowest BCUT2D eigenvalue weighted by Crippen LogP contribution is -2.13. The Kier molecular flexibility index (Phi) is 6.68. The van der Waals surface area contributed by atoms with E-state index in [4.69, 9.17) is 0 Å². The van der Waals surface area contributed by atoms with Gasteiger partial charge in [-0.15, -0.1) is 5.10 Å². The molecule has 0 unspecified atom stereocenters. The molecule has 1 heterocycles. The van der Waals surface area contributed by atoms with Crippen LogP contribution in [0.1, 0.15) is 36.2 Å². The van der Waals surface area contributed by atoms with Crippen molar-refractivity contribution in [3.05, 3.63) is 53.1 Å². The van der Waals surface area contributed by atoms with E-state index in [1.165, 1.54) is 13.3 Å². The number of hydrogen-bond donors (Lipinski definition) is 0. The Morgan fingerprint density at radius 3 is 1.92 bits per heavy atom. The molecule has 0 saturated heterocycles. The van der Waals surface area contributed by atoms with Crippen molar-refractivity contribution in [3.8, 4) is 0 Å². The minimum atomic E-state index is -4.76. The Labute approximate surface area is 134 Å². The molecule has 0 N–H and O–H groups in total. The predicted molar refractivity (Wildman–Crippen MR) is 75.0 cm³/mol. The van der Waals surface area contributed by atoms with Gasteiger partial charge in [-0.2, -0.15) is 31.4 Å². The molecule has 0 aliphatic rings. The number of hydrogen-bond acceptors (Lipinski definition) is 3. The summed E-state index contributed by atoms with van der Waals surface area (Å²) in [5, 5.41) is 7.18. The van der Waals surface area contributed by atoms with Crippen LogP contribution in [0.4, 0.5) is 26.3 Å². The molecular weight excluding hydrogens is 336 g/mol. The summed E-state index contributed by atoms with van der Waals surface area (Å²) in [6.45, 7) is 3.49. The third kappa shape index (κ3) is 5.78. The Hall–Kier alpha value is -2.19. The fraction of sp³-hybridized carbons (Fsp3) is 0.400. The standard InChI is InChI=1S/C10H8F6.C5H7N3/c1-2-6-3-4-7(9(11,12)13)5-8(6)10(14,15)16;1-2-5-3-7-8-4-6-5/h3-5H,2H2,1H3;3-4H,2H2,1H3. The van der Waals surface area contributed by atoms with Gasteiger partial charge < -0.3 is 0 Å². The van der Waals surface area contributed by atoms with Crippen LogP contribution in [0, 0.1) is 0 Å². The first-order chi connectivity index (χ1) is 11.1. The van der Waals surface area contributed by atoms with Gasteiger partial charge in [-0.05, 0) is 30.5 Å². The molecule has 0 spiro atoms. The van der Waals surface area contributed by atoms with Crippen molar-refractivity contribution < 1.29 is 26.3 Å². The molecule has 0 bridgehead atoms. The average molecular weight is 351 g/mol. The molecule has 1 aromatic carbocycles. The van der Waals surface area contributed by atoms with E-state index in [1.807, 2.05) is 6.92 Å². The van der Waals surface area contributed by atoms with Crippen LogP contribution in [-0.4, -0.2) is 15.2 Å². The van der Waals surface area contributed by atoms with Crippen LogP contribution in [0.5, 0.6) is 0 Å². The molecule has 24 heavy (non-hydrogen) atoms. The zero-order valence-corrected chi connectivity index (χ0v) is 12.9. The normalized spacial score (nSPS) is 11.7. The summed E-state index contributed by atoms with van der Waals surface area (Å²) in [6, 6.07) is 1.68. The molecule has 0 amide bonds. The second-order valence-corrected chi connectivity index (χ2v) is 4.67. The lowest BCUT2D eigenvalue weighted by atomic mass is 10.0. The third-order valence-corrected chi connectivity index (χ3v) is 3.03. The fourth-order valence-corrected chi connectivity index (χ4v) is 1.77. The summed E-state index contributed by atoms with van der Waals surface area (Å²) >= 11 is 0. The van der Waals surface area contributed by atoms with Gasteiger partial charge in [0.25, 0.3) is 0 Å². The maximum Gasteiger partial charge on any atom is 0.416 e. The van der Waals surface area contributed by atoms with Crippen molar-refractivity contribution in [2.45, 2.75) is 39.0 Å². The summed E-state index contributed by atoms with van der Waals surface area (Å²) in [4.78, 5) is 3.92. The highest BCUT2D eigenvalue weighted by Crippen LogP contribution is 2.37. The van der Waals surface area contributed by atoms with Crippen molar-refractivity contribution >= 4 is 0 Å². The lowest BCUT2D eigenvalue weighted by Gasteiger charge is -2.14. The molecular formula is C15H15F6N3. The van der Waals surface area contributed by atoms with E-state index in [1.54, 1.807) is 6.20 Å². The lowest BCUT2D eigenvalue weighted by molar-refractivity contribution is -0.143. The van der Waals surface area contributed by atoms with Gasteiger partial charge in [0.2, 0.25) is 0 Å². The summed E-state index contributed by atoms with van der Waals surface area (Å²) in [6.07, 6.45) is -5.43. The van der Waals surface area contributed by atoms with E-state index in [9.17, 15) is 26.3 Å². The van der Waals surface area contributed by atoms with Gasteiger partial charge in [0.05, 0.1) is 23.0 Å². The first kappa shape index (κ1) is 19.9. The van der Waals surface area contributed by atoms with Gasteiger partial charge in [0.15, 0.2) is 0 Å². The summed E-state index contributed by atoms with van der Waals surface area (Å²) in [7, 11) is 0. The Morgan fingerprint density at radius 2 is 1.54 bits per heavy atom. The van der Waals surface area contributed by atoms with Crippen LogP contribution < -0.4 is 0 Å². The van der Waals surface area contributed by atoms with Gasteiger partial charge >= 0.3 is 12.4 Å². The first-order valence-electron chi connectivity index (χ1n) is 6.98. The Morgan fingerprint density at radius 1 is 0.875 bits per heavy atom. The quantitative estimate of drug-likeness (QED) is 0.735. The number of aromatic nitrogens is 3. The molecule has 9 heteroatoms. The van der Waals surface area contributed by atoms with Crippen LogP contribution in [0.3, 0.4) is 0 Å². The highest BCUT2D eigenvalue weighted by molar-refractivity contribution is 5.35. The number of alkyl halides is 6. The number of rotatable bonds is 2. The van der Waals surface area contributed by atoms with Gasteiger partial charge in [0.1, 0.15) is 6.33 Å². The Balaban J connectivity index is 0.000000300. The first-order valence-corrected chi connectivity index (χ1v) is 6.98. The average Bonchev–Trinajstić information content (AvgIpc) is 2.54. The number of benzene rings is 1. The molecule has 0 saturated carbocycles. The fourth-order valence-electron chi connectivity index (χ4n) is 1.77. The molecule has 0 fully saturated rings. The number of nitrogens with zero attached hydrogens (tertiary/aromatic N) is 3. The molecule has 0 aliphatic heterocycles. The second kappa shape index (κ2) is 8.07. The van der Waals surface area contributed by atoms with E-state index < -0.39 is 23.5 Å². The topological polar surface area (TPSA) is 38.7 Å². The summed E-state index contributed by atoms with van der Waals surface area (Å²) < 4.78 is 74.0. The largest absolute Gasteiger partial charge is 0.416 e. The maximum atomic E-state index is 12.4. The van der Waals surface area contributed by atoms with Crippen LogP contribution in [0.15, 0.2) is 30.7 Å². The van der Waals surface area contributed by atoms with Gasteiger partial charge in [-0.1, -0.05) is 19.9 Å². The van der Waals surface area contributed by atoms with E-state index in [0.29, 0.717) is 6.07 Å². The highest BCUT2D eigenvalue weighted by Gasteiger charge is 2.37. The van der Waals surface area contributed by atoms with E-state index in [-0.39, 0.29) is 18.1 Å². The second-order valence-electron chi connectivity index (χ2n) is 4.67. The van der Waals surface area contributed by atoms with Crippen molar-refractivity contribution in [3.63, 3.8) is 0 Å². The molecule has 0 radical (unpaired) electrons. The molecule has 132 valence electrons. The molecule has 3 nitrogen and oxygen atoms in total. The van der Waals surface area contributed by atoms with Gasteiger partial charge in [-0.25, -0.2) is 4.98 Å². The van der Waals surface area contributed by atoms with E-state index >= 15 is 0 Å². The van der Waals surface area contributed by atoms with Gasteiger partial charge in [-0.3, -0.25) is 0 Å². The highest BCUT2D eigenvalue weighted by atomic mass is 19.4. The minimum Gasteiger partial charge on any atom is -0.238 e. The van der Waals surface area contributed by atoms with Crippen molar-refractivity contribution in [1.29, 1.82) is 0 Å². The summed E-state index contributed by atoms with van der Waals surface area (Å²) in [5.41, 5.74) is -1.65. The van der Waals surface area contributed by atoms with Crippen LogP contribution in [0.2, 0.25) is 0 Å². The number of aryl methyl sites for hydroxylation is 2. The molecule has 0 atom stereocenters. The third-order valence-electron chi connectivity index (χ3n) is 3.03. The minimum absolute atomic E-state index is 0.0347. The Bertz CT molecular complexity index is 638. The van der Waals surface area contributed by atoms with E-state index in [0.717, 1.165) is 18.2 Å². The predicted octanol–water partition coefficient (Wildman–Crippen LogP) is 4.72. The maximum absolute atomic E-state index is 12.4. The van der Waals surface area contributed by atoms with Crippen LogP contribution >= 0.6 is 0 Å². The number of halogens is 6. The smallest absolute Gasteiger partial charge is 0.238 e. The molecule has 2 rings (SSSR count). The van der Waals surface area contributed by atoms with Crippen molar-refractivity contribution in [2.75, 3.05) is 0 Å². The SMILES string of the molecule is CCc1ccc(C(F)(F)F)cc1C(F)(F)F.CCc1cnncn1. The van der Waals surface area contributed by atoms with E-state index in [2.05, 4.69) is 15.2 Å². The zero-order valence-electron chi connectivity index (χ0n) is 12.9. The zero-order chi connectivity index (χ0) is 18.4. The molecule has 0 aliphatic carbocycles. The monoisotopic (exact) mass is 351 g/mol. The van der Waals surface area contributed by atoms with Crippen molar-refractivity contribution in [2.24, 2.45) is 0 Å². The van der Waals surface area contributed by atoms with Crippen LogP contribution in [-0.2, 0) is 25.2 Å². The summed E-state index contributed by atoms with van der Waals surface area (Å²) in [5.74, 6) is 0. The van der Waals surface area contributed by atoms with Gasteiger partial charge in [0, 0.05) is 0 Å².